The predicted octanol–water partition coefficient (Wildman–Crippen LogP) is 5.34. The smallest absolute Gasteiger partial charge is 0.222 e. The molecule has 0 unspecified atom stereocenters. The summed E-state index contributed by atoms with van der Waals surface area (Å²) in [6.45, 7) is 0.440. The summed E-state index contributed by atoms with van der Waals surface area (Å²) in [5.41, 5.74) is 3.58. The number of hydrogen-bond acceptors (Lipinski definition) is 4. The number of aryl methyl sites for hydroxylation is 1. The van der Waals surface area contributed by atoms with Crippen molar-refractivity contribution < 1.29 is 13.9 Å². The molecule has 0 spiro atoms. The number of carbonyl (C=O) groups excluding carboxylic acids is 1. The molecule has 7 heteroatoms. The van der Waals surface area contributed by atoms with Gasteiger partial charge >= 0.3 is 0 Å². The van der Waals surface area contributed by atoms with E-state index in [0.29, 0.717) is 19.4 Å². The van der Waals surface area contributed by atoms with Gasteiger partial charge in [0.1, 0.15) is 5.69 Å². The molecule has 0 N–H and O–H groups in total. The second-order valence-electron chi connectivity index (χ2n) is 7.48. The number of hydrogen-bond donors (Lipinski definition) is 0. The van der Waals surface area contributed by atoms with Gasteiger partial charge in [0.05, 0.1) is 17.7 Å². The van der Waals surface area contributed by atoms with Crippen molar-refractivity contribution in [2.24, 2.45) is 0 Å². The highest BCUT2D eigenvalue weighted by Crippen LogP contribution is 2.28. The number of aromatic nitrogens is 2. The van der Waals surface area contributed by atoms with Crippen LogP contribution >= 0.6 is 11.3 Å². The van der Waals surface area contributed by atoms with E-state index in [-0.39, 0.29) is 11.7 Å². The van der Waals surface area contributed by atoms with Crippen molar-refractivity contribution >= 4 is 17.2 Å². The topological polar surface area (TPSA) is 47.4 Å². The van der Waals surface area contributed by atoms with E-state index in [2.05, 4.69) is 0 Å². The molecule has 0 aliphatic rings. The van der Waals surface area contributed by atoms with Crippen LogP contribution in [-0.2, 0) is 17.8 Å². The molecule has 4 rings (SSSR count). The van der Waals surface area contributed by atoms with Crippen molar-refractivity contribution in [2.45, 2.75) is 19.4 Å². The van der Waals surface area contributed by atoms with E-state index in [0.717, 1.165) is 27.4 Å². The van der Waals surface area contributed by atoms with E-state index in [1.807, 2.05) is 58.7 Å². The van der Waals surface area contributed by atoms with Crippen LogP contribution in [0, 0.1) is 5.82 Å². The minimum absolute atomic E-state index is 0.00850. The molecule has 2 heterocycles. The van der Waals surface area contributed by atoms with Crippen molar-refractivity contribution in [3.63, 3.8) is 0 Å². The number of amides is 1. The quantitative estimate of drug-likeness (QED) is 0.365. The fraction of sp³-hybridized carbons (Fsp3) is 0.200. The number of rotatable bonds is 8. The zero-order chi connectivity index (χ0) is 22.5. The highest BCUT2D eigenvalue weighted by atomic mass is 32.1. The van der Waals surface area contributed by atoms with Crippen molar-refractivity contribution in [3.05, 3.63) is 89.2 Å². The molecular formula is C25H24FN3O2S. The summed E-state index contributed by atoms with van der Waals surface area (Å²) in [4.78, 5) is 15.5. The number of thiophene rings is 1. The molecule has 0 saturated carbocycles. The van der Waals surface area contributed by atoms with Gasteiger partial charge in [0.25, 0.3) is 0 Å². The molecule has 4 aromatic rings. The molecule has 5 nitrogen and oxygen atoms in total. The molecule has 0 aliphatic heterocycles. The molecule has 2 aromatic carbocycles. The maximum absolute atomic E-state index is 13.9. The van der Waals surface area contributed by atoms with Gasteiger partial charge in [0.2, 0.25) is 5.91 Å². The van der Waals surface area contributed by atoms with E-state index >= 15 is 0 Å². The first-order valence-electron chi connectivity index (χ1n) is 10.3. The maximum atomic E-state index is 13.9. The van der Waals surface area contributed by atoms with Gasteiger partial charge in [0.15, 0.2) is 11.6 Å². The maximum Gasteiger partial charge on any atom is 0.222 e. The summed E-state index contributed by atoms with van der Waals surface area (Å²) in [5.74, 6) is -0.223. The summed E-state index contributed by atoms with van der Waals surface area (Å²) < 4.78 is 20.7. The number of ether oxygens (including phenoxy) is 1. The molecule has 164 valence electrons. The third-order valence-corrected chi connectivity index (χ3v) is 6.12. The van der Waals surface area contributed by atoms with Gasteiger partial charge in [-0.1, -0.05) is 30.3 Å². The third-order valence-electron chi connectivity index (χ3n) is 5.24. The Hall–Kier alpha value is -3.45. The number of nitrogens with zero attached hydrogens (tertiary/aromatic N) is 3. The third kappa shape index (κ3) is 4.89. The Morgan fingerprint density at radius 2 is 1.97 bits per heavy atom. The van der Waals surface area contributed by atoms with Crippen LogP contribution in [0.15, 0.2) is 72.2 Å². The van der Waals surface area contributed by atoms with E-state index < -0.39 is 5.82 Å². The Balaban J connectivity index is 1.48. The average molecular weight is 450 g/mol. The summed E-state index contributed by atoms with van der Waals surface area (Å²) in [6.07, 6.45) is 2.74. The monoisotopic (exact) mass is 449 g/mol. The van der Waals surface area contributed by atoms with Crippen LogP contribution in [0.25, 0.3) is 16.3 Å². The zero-order valence-electron chi connectivity index (χ0n) is 18.0. The lowest BCUT2D eigenvalue weighted by Gasteiger charge is -2.17. The molecule has 0 bridgehead atoms. The summed E-state index contributed by atoms with van der Waals surface area (Å²) in [5, 5.41) is 6.81. The Morgan fingerprint density at radius 3 is 2.66 bits per heavy atom. The first-order chi connectivity index (χ1) is 15.5. The number of benzene rings is 2. The lowest BCUT2D eigenvalue weighted by atomic mass is 10.1. The van der Waals surface area contributed by atoms with Crippen LogP contribution in [0.5, 0.6) is 5.75 Å². The molecule has 32 heavy (non-hydrogen) atoms. The highest BCUT2D eigenvalue weighted by Gasteiger charge is 2.17. The summed E-state index contributed by atoms with van der Waals surface area (Å²) in [7, 11) is 3.22. The van der Waals surface area contributed by atoms with E-state index in [1.54, 1.807) is 35.4 Å². The largest absolute Gasteiger partial charge is 0.494 e. The van der Waals surface area contributed by atoms with Crippen LogP contribution < -0.4 is 4.74 Å². The van der Waals surface area contributed by atoms with Crippen LogP contribution in [0.4, 0.5) is 4.39 Å². The van der Waals surface area contributed by atoms with Gasteiger partial charge < -0.3 is 9.64 Å². The molecular weight excluding hydrogens is 425 g/mol. The Morgan fingerprint density at radius 1 is 1.16 bits per heavy atom. The number of methoxy groups -OCH3 is 1. The van der Waals surface area contributed by atoms with E-state index in [9.17, 15) is 9.18 Å². The first-order valence-corrected chi connectivity index (χ1v) is 11.2. The van der Waals surface area contributed by atoms with Gasteiger partial charge in [-0.2, -0.15) is 5.10 Å². The second-order valence-corrected chi connectivity index (χ2v) is 8.43. The predicted molar refractivity (Wildman–Crippen MR) is 125 cm³/mol. The minimum Gasteiger partial charge on any atom is -0.494 e. The average Bonchev–Trinajstić information content (AvgIpc) is 3.48. The van der Waals surface area contributed by atoms with Gasteiger partial charge in [0, 0.05) is 31.8 Å². The fourth-order valence-corrected chi connectivity index (χ4v) is 4.25. The minimum atomic E-state index is -0.417. The van der Waals surface area contributed by atoms with Gasteiger partial charge in [-0.15, -0.1) is 11.3 Å². The molecule has 0 fully saturated rings. The highest BCUT2D eigenvalue weighted by molar-refractivity contribution is 7.13. The van der Waals surface area contributed by atoms with Crippen molar-refractivity contribution in [1.82, 2.24) is 14.7 Å². The van der Waals surface area contributed by atoms with Gasteiger partial charge in [-0.3, -0.25) is 4.79 Å². The molecule has 0 aliphatic carbocycles. The lowest BCUT2D eigenvalue weighted by Crippen LogP contribution is -2.26. The zero-order valence-corrected chi connectivity index (χ0v) is 18.8. The number of para-hydroxylation sites is 1. The van der Waals surface area contributed by atoms with Crippen LogP contribution in [0.1, 0.15) is 17.5 Å². The number of carbonyl (C=O) groups is 1. The Bertz CT molecular complexity index is 1190. The van der Waals surface area contributed by atoms with Crippen LogP contribution in [0.2, 0.25) is 0 Å². The molecule has 0 radical (unpaired) electrons. The Labute approximate surface area is 190 Å². The summed E-state index contributed by atoms with van der Waals surface area (Å²) in [6, 6.07) is 18.7. The number of halogens is 1. The van der Waals surface area contributed by atoms with Gasteiger partial charge in [-0.25, -0.2) is 9.07 Å². The normalized spacial score (nSPS) is 10.8. The van der Waals surface area contributed by atoms with Crippen molar-refractivity contribution in [2.75, 3.05) is 14.2 Å². The summed E-state index contributed by atoms with van der Waals surface area (Å²) >= 11 is 1.62. The second kappa shape index (κ2) is 9.78. The molecule has 0 saturated heterocycles. The van der Waals surface area contributed by atoms with E-state index in [4.69, 9.17) is 9.84 Å². The fourth-order valence-electron chi connectivity index (χ4n) is 3.51. The van der Waals surface area contributed by atoms with Crippen LogP contribution in [-0.4, -0.2) is 34.7 Å². The SMILES string of the molecule is COc1ccc(CCC(=O)N(C)Cc2cn(-c3ccccc3)nc2-c2cccs2)cc1F. The lowest BCUT2D eigenvalue weighted by molar-refractivity contribution is -0.130. The van der Waals surface area contributed by atoms with E-state index in [1.165, 1.54) is 13.2 Å². The first kappa shape index (κ1) is 21.8. The van der Waals surface area contributed by atoms with Crippen molar-refractivity contribution in [3.8, 4) is 22.0 Å². The Kier molecular flexibility index (Phi) is 6.66. The van der Waals surface area contributed by atoms with Gasteiger partial charge in [-0.05, 0) is 47.7 Å². The molecule has 2 aromatic heterocycles. The van der Waals surface area contributed by atoms with Crippen LogP contribution in [0.3, 0.4) is 0 Å². The standard InChI is InChI=1S/C25H24FN3O2S/c1-28(24(30)13-11-18-10-12-22(31-2)21(26)15-18)16-19-17-29(20-7-4-3-5-8-20)27-25(19)23-9-6-14-32-23/h3-10,12,14-15,17H,11,13,16H2,1-2H3. The molecule has 0 atom stereocenters. The van der Waals surface area contributed by atoms with Crippen molar-refractivity contribution in [1.29, 1.82) is 0 Å². The molecule has 1 amide bonds.